The summed E-state index contributed by atoms with van der Waals surface area (Å²) in [5, 5.41) is 3.83. The van der Waals surface area contributed by atoms with Crippen LogP contribution in [-0.4, -0.2) is 18.8 Å². The molecule has 1 aromatic heterocycles. The van der Waals surface area contributed by atoms with Gasteiger partial charge >= 0.3 is 0 Å². The summed E-state index contributed by atoms with van der Waals surface area (Å²) in [5.41, 5.74) is 8.95. The molecule has 0 spiro atoms. The third-order valence-electron chi connectivity index (χ3n) is 6.25. The monoisotopic (exact) mass is 467 g/mol. The quantitative estimate of drug-likeness (QED) is 0.239. The molecule has 3 aromatic carbocycles. The van der Waals surface area contributed by atoms with E-state index in [-0.39, 0.29) is 11.7 Å². The van der Waals surface area contributed by atoms with Gasteiger partial charge in [-0.15, -0.1) is 0 Å². The number of hydrogen-bond acceptors (Lipinski definition) is 4. The molecule has 0 saturated carbocycles. The van der Waals surface area contributed by atoms with E-state index in [9.17, 15) is 9.59 Å². The number of fused-ring (bicyclic) bond motifs is 1. The van der Waals surface area contributed by atoms with Gasteiger partial charge in [0, 0.05) is 39.4 Å². The second-order valence-corrected chi connectivity index (χ2v) is 8.88. The highest BCUT2D eigenvalue weighted by Crippen LogP contribution is 2.41. The van der Waals surface area contributed by atoms with E-state index in [1.807, 2.05) is 19.9 Å². The first-order valence-corrected chi connectivity index (χ1v) is 11.5. The lowest BCUT2D eigenvalue weighted by Gasteiger charge is -2.14. The molecule has 0 aliphatic rings. The van der Waals surface area contributed by atoms with E-state index in [4.69, 9.17) is 9.15 Å². The van der Waals surface area contributed by atoms with Crippen LogP contribution in [0.5, 0.6) is 5.75 Å². The lowest BCUT2D eigenvalue weighted by molar-refractivity contribution is -0.111. The van der Waals surface area contributed by atoms with E-state index in [2.05, 4.69) is 37.4 Å². The second-order valence-electron chi connectivity index (χ2n) is 8.88. The summed E-state index contributed by atoms with van der Waals surface area (Å²) in [6.45, 7) is 9.53. The van der Waals surface area contributed by atoms with Crippen LogP contribution in [0.15, 0.2) is 65.3 Å². The fourth-order valence-corrected chi connectivity index (χ4v) is 4.44. The predicted molar refractivity (Wildman–Crippen MR) is 141 cm³/mol. The van der Waals surface area contributed by atoms with Crippen molar-refractivity contribution in [3.05, 3.63) is 88.7 Å². The van der Waals surface area contributed by atoms with E-state index < -0.39 is 0 Å². The van der Waals surface area contributed by atoms with Crippen LogP contribution >= 0.6 is 0 Å². The van der Waals surface area contributed by atoms with Gasteiger partial charge in [0.05, 0.1) is 13.4 Å². The van der Waals surface area contributed by atoms with Gasteiger partial charge in [-0.05, 0) is 81.7 Å². The van der Waals surface area contributed by atoms with Crippen molar-refractivity contribution in [1.29, 1.82) is 0 Å². The summed E-state index contributed by atoms with van der Waals surface area (Å²) in [6.07, 6.45) is 3.34. The standard InChI is InChI=1S/C30H29NO4/c1-17-7-12-24(18(2)13-17)27-16-35-30-20(4)29(34-6)25(15-26(27)30)19(3)14-28(33)31-23-10-8-22(9-11-23)21(5)32/h7-16H,1-6H3,(H,31,33)/b19-14+. The maximum atomic E-state index is 12.8. The number of ether oxygens (including phenoxy) is 1. The predicted octanol–water partition coefficient (Wildman–Crippen LogP) is 7.28. The van der Waals surface area contributed by atoms with E-state index in [0.29, 0.717) is 17.0 Å². The van der Waals surface area contributed by atoms with Crippen LogP contribution in [0.2, 0.25) is 0 Å². The first kappa shape index (κ1) is 24.0. The second kappa shape index (κ2) is 9.63. The summed E-state index contributed by atoms with van der Waals surface area (Å²) < 4.78 is 11.7. The summed E-state index contributed by atoms with van der Waals surface area (Å²) in [6, 6.07) is 15.2. The Morgan fingerprint density at radius 1 is 0.943 bits per heavy atom. The van der Waals surface area contributed by atoms with Crippen molar-refractivity contribution < 1.29 is 18.7 Å². The van der Waals surface area contributed by atoms with Crippen LogP contribution in [0, 0.1) is 20.8 Å². The number of ketones is 1. The number of carbonyl (C=O) groups excluding carboxylic acids is 2. The number of hydrogen-bond donors (Lipinski definition) is 1. The Kier molecular flexibility index (Phi) is 6.61. The van der Waals surface area contributed by atoms with Crippen molar-refractivity contribution in [3.8, 4) is 16.9 Å². The molecule has 0 bridgehead atoms. The Hall–Kier alpha value is -4.12. The fraction of sp³-hybridized carbons (Fsp3) is 0.200. The molecule has 0 radical (unpaired) electrons. The van der Waals surface area contributed by atoms with Crippen molar-refractivity contribution in [1.82, 2.24) is 0 Å². The molecule has 5 heteroatoms. The highest BCUT2D eigenvalue weighted by atomic mass is 16.5. The largest absolute Gasteiger partial charge is 0.496 e. The van der Waals surface area contributed by atoms with Crippen molar-refractivity contribution in [2.45, 2.75) is 34.6 Å². The highest BCUT2D eigenvalue weighted by molar-refractivity contribution is 6.06. The Balaban J connectivity index is 1.73. The number of nitrogens with one attached hydrogen (secondary N) is 1. The molecule has 0 unspecified atom stereocenters. The zero-order valence-electron chi connectivity index (χ0n) is 20.9. The number of aryl methyl sites for hydroxylation is 3. The molecule has 178 valence electrons. The minimum Gasteiger partial charge on any atom is -0.496 e. The maximum Gasteiger partial charge on any atom is 0.248 e. The Morgan fingerprint density at radius 3 is 2.29 bits per heavy atom. The molecule has 5 nitrogen and oxygen atoms in total. The third-order valence-corrected chi connectivity index (χ3v) is 6.25. The van der Waals surface area contributed by atoms with Crippen LogP contribution in [0.25, 0.3) is 27.7 Å². The third kappa shape index (κ3) is 4.76. The number of amides is 1. The molecular weight excluding hydrogens is 438 g/mol. The van der Waals surface area contributed by atoms with Gasteiger partial charge in [-0.25, -0.2) is 0 Å². The number of anilines is 1. The van der Waals surface area contributed by atoms with Gasteiger partial charge in [0.1, 0.15) is 11.3 Å². The zero-order valence-corrected chi connectivity index (χ0v) is 20.9. The van der Waals surface area contributed by atoms with Gasteiger partial charge in [0.25, 0.3) is 0 Å². The van der Waals surface area contributed by atoms with Crippen molar-refractivity contribution >= 4 is 33.9 Å². The molecule has 0 saturated heterocycles. The van der Waals surface area contributed by atoms with E-state index in [0.717, 1.165) is 38.8 Å². The average Bonchev–Trinajstić information content (AvgIpc) is 3.23. The molecule has 1 amide bonds. The minimum atomic E-state index is -0.264. The minimum absolute atomic E-state index is 0.0177. The van der Waals surface area contributed by atoms with Crippen molar-refractivity contribution in [2.24, 2.45) is 0 Å². The molecule has 1 heterocycles. The SMILES string of the molecule is COc1c(/C(C)=C/C(=O)Nc2ccc(C(C)=O)cc2)cc2c(-c3ccc(C)cc3C)coc2c1C. The Morgan fingerprint density at radius 2 is 1.66 bits per heavy atom. The molecule has 4 rings (SSSR count). The van der Waals surface area contributed by atoms with Gasteiger partial charge in [-0.3, -0.25) is 9.59 Å². The highest BCUT2D eigenvalue weighted by Gasteiger charge is 2.19. The molecule has 0 atom stereocenters. The fourth-order valence-electron chi connectivity index (χ4n) is 4.44. The average molecular weight is 468 g/mol. The van der Waals surface area contributed by atoms with Crippen LogP contribution in [0.4, 0.5) is 5.69 Å². The van der Waals surface area contributed by atoms with Gasteiger partial charge in [0.2, 0.25) is 5.91 Å². The lowest BCUT2D eigenvalue weighted by atomic mass is 9.94. The molecule has 35 heavy (non-hydrogen) atoms. The van der Waals surface area contributed by atoms with E-state index in [1.54, 1.807) is 43.7 Å². The molecule has 4 aromatic rings. The number of allylic oxidation sites excluding steroid dienone is 1. The topological polar surface area (TPSA) is 68.5 Å². The van der Waals surface area contributed by atoms with Crippen LogP contribution < -0.4 is 10.1 Å². The number of rotatable bonds is 6. The number of methoxy groups -OCH3 is 1. The summed E-state index contributed by atoms with van der Waals surface area (Å²) in [7, 11) is 1.62. The number of Topliss-reactive ketones (excluding diaryl/α,β-unsaturated/α-hetero) is 1. The van der Waals surface area contributed by atoms with Gasteiger partial charge in [-0.2, -0.15) is 0 Å². The normalized spacial score (nSPS) is 11.5. The van der Waals surface area contributed by atoms with E-state index >= 15 is 0 Å². The van der Waals surface area contributed by atoms with Crippen molar-refractivity contribution in [3.63, 3.8) is 0 Å². The van der Waals surface area contributed by atoms with Gasteiger partial charge in [0.15, 0.2) is 5.78 Å². The first-order valence-electron chi connectivity index (χ1n) is 11.5. The number of furan rings is 1. The first-order chi connectivity index (χ1) is 16.7. The Bertz CT molecular complexity index is 1470. The van der Waals surface area contributed by atoms with E-state index in [1.165, 1.54) is 18.1 Å². The molecule has 0 fully saturated rings. The molecule has 1 N–H and O–H groups in total. The number of benzene rings is 3. The molecular formula is C30H29NO4. The Labute approximate surface area is 205 Å². The molecule has 0 aliphatic heterocycles. The van der Waals surface area contributed by atoms with Crippen molar-refractivity contribution in [2.75, 3.05) is 12.4 Å². The summed E-state index contributed by atoms with van der Waals surface area (Å²) in [4.78, 5) is 24.2. The zero-order chi connectivity index (χ0) is 25.3. The number of carbonyl (C=O) groups is 2. The maximum absolute atomic E-state index is 12.8. The van der Waals surface area contributed by atoms with Crippen LogP contribution in [0.1, 0.15) is 46.5 Å². The van der Waals surface area contributed by atoms with Gasteiger partial charge in [-0.1, -0.05) is 23.8 Å². The summed E-state index contributed by atoms with van der Waals surface area (Å²) >= 11 is 0. The smallest absolute Gasteiger partial charge is 0.248 e. The van der Waals surface area contributed by atoms with Gasteiger partial charge < -0.3 is 14.5 Å². The van der Waals surface area contributed by atoms with Crippen LogP contribution in [0.3, 0.4) is 0 Å². The molecule has 0 aliphatic carbocycles. The lowest BCUT2D eigenvalue weighted by Crippen LogP contribution is -2.09. The van der Waals surface area contributed by atoms with Crippen LogP contribution in [-0.2, 0) is 4.79 Å². The summed E-state index contributed by atoms with van der Waals surface area (Å²) in [5.74, 6) is 0.391.